The second-order valence-corrected chi connectivity index (χ2v) is 5.11. The molecule has 0 aromatic rings. The Kier molecular flexibility index (Phi) is 6.15. The molecule has 1 amide bonds. The maximum Gasteiger partial charge on any atom is 0.252 e. The maximum absolute atomic E-state index is 11.9. The summed E-state index contributed by atoms with van der Waals surface area (Å²) in [7, 11) is 1.28. The van der Waals surface area contributed by atoms with Gasteiger partial charge in [0.2, 0.25) is 0 Å². The summed E-state index contributed by atoms with van der Waals surface area (Å²) in [6.07, 6.45) is -5.96. The monoisotopic (exact) mass is 277 g/mol. The number of hydrogen-bond donors (Lipinski definition) is 4. The zero-order chi connectivity index (χ0) is 14.6. The van der Waals surface area contributed by atoms with Gasteiger partial charge < -0.3 is 30.1 Å². The Labute approximate surface area is 112 Å². The number of hydrogen-bond acceptors (Lipinski definition) is 6. The van der Waals surface area contributed by atoms with Gasteiger partial charge in [0.25, 0.3) is 5.91 Å². The van der Waals surface area contributed by atoms with Crippen molar-refractivity contribution in [2.75, 3.05) is 13.7 Å². The topological polar surface area (TPSA) is 108 Å². The summed E-state index contributed by atoms with van der Waals surface area (Å²) < 4.78 is 9.98. The zero-order valence-electron chi connectivity index (χ0n) is 11.4. The lowest BCUT2D eigenvalue weighted by molar-refractivity contribution is -0.283. The van der Waals surface area contributed by atoms with Crippen LogP contribution < -0.4 is 5.32 Å². The number of amides is 1. The fourth-order valence-corrected chi connectivity index (χ4v) is 1.84. The number of aliphatic hydroxyl groups excluding tert-OH is 3. The highest BCUT2D eigenvalue weighted by molar-refractivity contribution is 5.81. The van der Waals surface area contributed by atoms with Gasteiger partial charge in [-0.2, -0.15) is 0 Å². The van der Waals surface area contributed by atoms with Crippen molar-refractivity contribution in [1.29, 1.82) is 0 Å². The number of aliphatic hydroxyl groups is 3. The highest BCUT2D eigenvalue weighted by Crippen LogP contribution is 2.21. The van der Waals surface area contributed by atoms with Crippen LogP contribution in [0, 0.1) is 5.92 Å². The second kappa shape index (κ2) is 7.16. The lowest BCUT2D eigenvalue weighted by Gasteiger charge is -2.38. The average Bonchev–Trinajstić information content (AvgIpc) is 2.36. The predicted octanol–water partition coefficient (Wildman–Crippen LogP) is -1.40. The molecule has 1 aliphatic rings. The van der Waals surface area contributed by atoms with E-state index in [1.807, 2.05) is 13.8 Å². The average molecular weight is 277 g/mol. The first-order chi connectivity index (χ1) is 8.88. The van der Waals surface area contributed by atoms with Gasteiger partial charge in [-0.1, -0.05) is 13.8 Å². The molecule has 1 heterocycles. The smallest absolute Gasteiger partial charge is 0.252 e. The Balaban J connectivity index is 2.57. The minimum atomic E-state index is -1.49. The van der Waals surface area contributed by atoms with E-state index >= 15 is 0 Å². The van der Waals surface area contributed by atoms with E-state index in [9.17, 15) is 20.1 Å². The third-order valence-electron chi connectivity index (χ3n) is 3.08. The Bertz CT molecular complexity index is 296. The first-order valence-electron chi connectivity index (χ1n) is 6.38. The van der Waals surface area contributed by atoms with Crippen molar-refractivity contribution in [2.24, 2.45) is 5.92 Å². The third-order valence-corrected chi connectivity index (χ3v) is 3.08. The van der Waals surface area contributed by atoms with Crippen molar-refractivity contribution in [1.82, 2.24) is 5.32 Å². The van der Waals surface area contributed by atoms with Crippen LogP contribution in [0.25, 0.3) is 0 Å². The van der Waals surface area contributed by atoms with Crippen molar-refractivity contribution in [2.45, 2.75) is 51.0 Å². The van der Waals surface area contributed by atoms with Crippen LogP contribution >= 0.6 is 0 Å². The van der Waals surface area contributed by atoms with Gasteiger partial charge in [-0.05, 0) is 12.3 Å². The minimum Gasteiger partial charge on any atom is -0.387 e. The Morgan fingerprint density at radius 3 is 2.42 bits per heavy atom. The summed E-state index contributed by atoms with van der Waals surface area (Å²) in [4.78, 5) is 11.9. The molecule has 7 nitrogen and oxygen atoms in total. The van der Waals surface area contributed by atoms with Crippen LogP contribution in [0.3, 0.4) is 0 Å². The quantitative estimate of drug-likeness (QED) is 0.492. The molecule has 1 unspecified atom stereocenters. The van der Waals surface area contributed by atoms with Gasteiger partial charge in [-0.25, -0.2) is 0 Å². The molecule has 0 spiro atoms. The molecule has 1 aliphatic heterocycles. The zero-order valence-corrected chi connectivity index (χ0v) is 11.4. The molecule has 112 valence electrons. The third kappa shape index (κ3) is 4.12. The summed E-state index contributed by atoms with van der Waals surface area (Å²) in [5.41, 5.74) is 0. The molecule has 0 saturated carbocycles. The molecular formula is C12H23NO6. The van der Waals surface area contributed by atoms with Gasteiger partial charge in [0.05, 0.1) is 0 Å². The SMILES string of the molecule is CO[C@@H]1OC(C(=O)NCCC(C)C)[C@@H](O)[C@H](O)[C@@H]1O. The van der Waals surface area contributed by atoms with E-state index in [1.54, 1.807) is 0 Å². The van der Waals surface area contributed by atoms with Gasteiger partial charge in [0.15, 0.2) is 12.4 Å². The summed E-state index contributed by atoms with van der Waals surface area (Å²) in [5.74, 6) is -0.0854. The van der Waals surface area contributed by atoms with Crippen molar-refractivity contribution in [3.05, 3.63) is 0 Å². The van der Waals surface area contributed by atoms with Gasteiger partial charge in [0.1, 0.15) is 18.3 Å². The van der Waals surface area contributed by atoms with Crippen LogP contribution in [0.2, 0.25) is 0 Å². The van der Waals surface area contributed by atoms with E-state index in [0.717, 1.165) is 6.42 Å². The van der Waals surface area contributed by atoms with E-state index in [0.29, 0.717) is 12.5 Å². The molecule has 7 heteroatoms. The first kappa shape index (κ1) is 16.3. The molecule has 1 rings (SSSR count). The van der Waals surface area contributed by atoms with Crippen LogP contribution in [0.1, 0.15) is 20.3 Å². The molecule has 1 saturated heterocycles. The van der Waals surface area contributed by atoms with E-state index in [1.165, 1.54) is 7.11 Å². The molecule has 0 aromatic carbocycles. The molecule has 5 atom stereocenters. The first-order valence-corrected chi connectivity index (χ1v) is 6.38. The highest BCUT2D eigenvalue weighted by Gasteiger charge is 2.46. The lowest BCUT2D eigenvalue weighted by atomic mass is 9.98. The molecule has 4 N–H and O–H groups in total. The molecule has 0 aromatic heterocycles. The Morgan fingerprint density at radius 1 is 1.26 bits per heavy atom. The van der Waals surface area contributed by atoms with Gasteiger partial charge in [0, 0.05) is 13.7 Å². The van der Waals surface area contributed by atoms with Crippen LogP contribution in [0.4, 0.5) is 0 Å². The molecule has 0 radical (unpaired) electrons. The van der Waals surface area contributed by atoms with E-state index in [2.05, 4.69) is 5.32 Å². The van der Waals surface area contributed by atoms with Gasteiger partial charge in [-0.15, -0.1) is 0 Å². The van der Waals surface area contributed by atoms with Crippen molar-refractivity contribution < 1.29 is 29.6 Å². The Morgan fingerprint density at radius 2 is 1.89 bits per heavy atom. The van der Waals surface area contributed by atoms with Crippen molar-refractivity contribution >= 4 is 5.91 Å². The van der Waals surface area contributed by atoms with Crippen LogP contribution in [0.15, 0.2) is 0 Å². The van der Waals surface area contributed by atoms with Crippen molar-refractivity contribution in [3.63, 3.8) is 0 Å². The normalized spacial score (nSPS) is 35.4. The highest BCUT2D eigenvalue weighted by atomic mass is 16.7. The molecule has 0 bridgehead atoms. The number of carbonyl (C=O) groups is 1. The molecular weight excluding hydrogens is 254 g/mol. The Hall–Kier alpha value is -0.730. The van der Waals surface area contributed by atoms with Gasteiger partial charge >= 0.3 is 0 Å². The number of methoxy groups -OCH3 is 1. The number of carbonyl (C=O) groups excluding carboxylic acids is 1. The van der Waals surface area contributed by atoms with E-state index in [4.69, 9.17) is 9.47 Å². The minimum absolute atomic E-state index is 0.441. The van der Waals surface area contributed by atoms with E-state index in [-0.39, 0.29) is 0 Å². The summed E-state index contributed by atoms with van der Waals surface area (Å²) in [5, 5.41) is 31.6. The van der Waals surface area contributed by atoms with Crippen LogP contribution in [0.5, 0.6) is 0 Å². The number of rotatable bonds is 5. The number of nitrogens with one attached hydrogen (secondary N) is 1. The number of ether oxygens (including phenoxy) is 2. The lowest BCUT2D eigenvalue weighted by Crippen LogP contribution is -2.61. The predicted molar refractivity (Wildman–Crippen MR) is 66.2 cm³/mol. The van der Waals surface area contributed by atoms with Crippen LogP contribution in [-0.4, -0.2) is 65.6 Å². The molecule has 19 heavy (non-hydrogen) atoms. The molecule has 1 fully saturated rings. The molecule has 0 aliphatic carbocycles. The van der Waals surface area contributed by atoms with E-state index < -0.39 is 36.6 Å². The summed E-state index contributed by atoms with van der Waals surface area (Å²) in [6, 6.07) is 0. The van der Waals surface area contributed by atoms with Gasteiger partial charge in [-0.3, -0.25) is 4.79 Å². The second-order valence-electron chi connectivity index (χ2n) is 5.11. The van der Waals surface area contributed by atoms with Crippen molar-refractivity contribution in [3.8, 4) is 0 Å². The fourth-order valence-electron chi connectivity index (χ4n) is 1.84. The standard InChI is InChI=1S/C12H23NO6/c1-6(2)4-5-13-11(17)10-8(15)7(14)9(16)12(18-3)19-10/h6-10,12,14-16H,4-5H2,1-3H3,(H,13,17)/t7-,8-,9-,10?,12+/m0/s1. The largest absolute Gasteiger partial charge is 0.387 e. The maximum atomic E-state index is 11.9. The summed E-state index contributed by atoms with van der Waals surface area (Å²) in [6.45, 7) is 4.51. The summed E-state index contributed by atoms with van der Waals surface area (Å²) >= 11 is 0. The fraction of sp³-hybridized carbons (Fsp3) is 0.917. The van der Waals surface area contributed by atoms with Crippen LogP contribution in [-0.2, 0) is 14.3 Å².